The first-order valence-corrected chi connectivity index (χ1v) is 11.7. The number of para-hydroxylation sites is 1. The Morgan fingerprint density at radius 3 is 2.65 bits per heavy atom. The molecule has 1 amide bonds. The Morgan fingerprint density at radius 1 is 1.06 bits per heavy atom. The number of aromatic nitrogens is 4. The van der Waals surface area contributed by atoms with Crippen LogP contribution >= 0.6 is 11.8 Å². The third kappa shape index (κ3) is 4.62. The highest BCUT2D eigenvalue weighted by Crippen LogP contribution is 2.36. The Balaban J connectivity index is 1.27. The predicted molar refractivity (Wildman–Crippen MR) is 127 cm³/mol. The molecule has 0 saturated carbocycles. The van der Waals surface area contributed by atoms with Crippen LogP contribution in [0.5, 0.6) is 11.5 Å². The van der Waals surface area contributed by atoms with E-state index in [-0.39, 0.29) is 23.9 Å². The van der Waals surface area contributed by atoms with Gasteiger partial charge in [0, 0.05) is 17.0 Å². The van der Waals surface area contributed by atoms with Crippen LogP contribution in [0, 0.1) is 0 Å². The van der Waals surface area contributed by atoms with E-state index >= 15 is 0 Å². The monoisotopic (exact) mass is 477 g/mol. The number of ether oxygens (including phenoxy) is 2. The minimum absolute atomic E-state index is 0.105. The Labute approximate surface area is 200 Å². The minimum Gasteiger partial charge on any atom is -0.454 e. The van der Waals surface area contributed by atoms with Crippen LogP contribution in [0.1, 0.15) is 26.5 Å². The Kier molecular flexibility index (Phi) is 5.74. The Morgan fingerprint density at radius 2 is 1.85 bits per heavy atom. The van der Waals surface area contributed by atoms with E-state index in [0.717, 1.165) is 28.7 Å². The molecule has 9 nitrogen and oxygen atoms in total. The van der Waals surface area contributed by atoms with Crippen LogP contribution in [0.3, 0.4) is 0 Å². The molecule has 0 radical (unpaired) electrons. The third-order valence-corrected chi connectivity index (χ3v) is 5.92. The van der Waals surface area contributed by atoms with Gasteiger partial charge in [-0.15, -0.1) is 10.2 Å². The van der Waals surface area contributed by atoms with Crippen molar-refractivity contribution in [3.63, 3.8) is 0 Å². The van der Waals surface area contributed by atoms with Crippen LogP contribution in [0.2, 0.25) is 0 Å². The number of nitrogens with zero attached hydrogens (tertiary/aromatic N) is 4. The summed E-state index contributed by atoms with van der Waals surface area (Å²) in [6.45, 7) is 6.44. The summed E-state index contributed by atoms with van der Waals surface area (Å²) in [7, 11) is 0. The number of amides is 1. The molecule has 3 heterocycles. The largest absolute Gasteiger partial charge is 0.454 e. The van der Waals surface area contributed by atoms with E-state index in [1.54, 1.807) is 16.8 Å². The molecule has 10 heteroatoms. The number of benzene rings is 2. The number of anilines is 1. The summed E-state index contributed by atoms with van der Waals surface area (Å²) in [5, 5.41) is 16.1. The summed E-state index contributed by atoms with van der Waals surface area (Å²) in [4.78, 5) is 12.7. The average molecular weight is 478 g/mol. The van der Waals surface area contributed by atoms with Gasteiger partial charge in [-0.3, -0.25) is 4.79 Å². The van der Waals surface area contributed by atoms with Gasteiger partial charge in [-0.2, -0.15) is 5.10 Å². The number of thioether (sulfide) groups is 1. The molecule has 0 aliphatic carbocycles. The van der Waals surface area contributed by atoms with Gasteiger partial charge in [0.15, 0.2) is 11.5 Å². The maximum Gasteiger partial charge on any atom is 0.277 e. The van der Waals surface area contributed by atoms with Gasteiger partial charge in [-0.05, 0) is 30.3 Å². The van der Waals surface area contributed by atoms with E-state index in [1.807, 2.05) is 42.5 Å². The third-order valence-electron chi connectivity index (χ3n) is 5.10. The van der Waals surface area contributed by atoms with Crippen LogP contribution in [0.25, 0.3) is 17.1 Å². The maximum atomic E-state index is 12.7. The molecule has 5 rings (SSSR count). The van der Waals surface area contributed by atoms with Crippen molar-refractivity contribution in [2.24, 2.45) is 0 Å². The highest BCUT2D eigenvalue weighted by molar-refractivity contribution is 7.99. The van der Waals surface area contributed by atoms with E-state index in [2.05, 4.69) is 36.3 Å². The first kappa shape index (κ1) is 22.0. The number of carbonyl (C=O) groups excluding carboxylic acids is 1. The number of hydrogen-bond acceptors (Lipinski definition) is 8. The molecule has 1 aliphatic rings. The van der Waals surface area contributed by atoms with Crippen LogP contribution in [-0.4, -0.2) is 38.4 Å². The molecular weight excluding hydrogens is 454 g/mol. The van der Waals surface area contributed by atoms with Crippen molar-refractivity contribution in [2.45, 2.75) is 31.4 Å². The van der Waals surface area contributed by atoms with E-state index in [9.17, 15) is 4.79 Å². The standard InChI is InChI=1S/C24H23N5O4S/c1-24(2,3)19-12-20(29(28-19)16-7-5-4-6-8-16)25-21(30)13-34-23-27-26-22(33-23)15-9-10-17-18(11-15)32-14-31-17/h4-12H,13-14H2,1-3H3,(H,25,30). The zero-order chi connectivity index (χ0) is 23.7. The predicted octanol–water partition coefficient (Wildman–Crippen LogP) is 4.68. The number of fused-ring (bicyclic) bond motifs is 1. The lowest BCUT2D eigenvalue weighted by Crippen LogP contribution is -2.17. The fourth-order valence-electron chi connectivity index (χ4n) is 3.32. The van der Waals surface area contributed by atoms with Gasteiger partial charge >= 0.3 is 0 Å². The molecule has 0 spiro atoms. The molecule has 4 aromatic rings. The highest BCUT2D eigenvalue weighted by atomic mass is 32.2. The second-order valence-electron chi connectivity index (χ2n) is 8.69. The molecule has 1 N–H and O–H groups in total. The highest BCUT2D eigenvalue weighted by Gasteiger charge is 2.22. The van der Waals surface area contributed by atoms with Crippen molar-refractivity contribution in [3.05, 3.63) is 60.3 Å². The lowest BCUT2D eigenvalue weighted by molar-refractivity contribution is -0.113. The van der Waals surface area contributed by atoms with Gasteiger partial charge in [0.2, 0.25) is 18.6 Å². The molecule has 0 bridgehead atoms. The van der Waals surface area contributed by atoms with Crippen LogP contribution in [-0.2, 0) is 10.2 Å². The second kappa shape index (κ2) is 8.86. The molecule has 0 saturated heterocycles. The summed E-state index contributed by atoms with van der Waals surface area (Å²) in [5.41, 5.74) is 2.30. The molecular formula is C24H23N5O4S. The second-order valence-corrected chi connectivity index (χ2v) is 9.62. The molecule has 0 atom stereocenters. The Hall–Kier alpha value is -3.79. The quantitative estimate of drug-likeness (QED) is 0.399. The van der Waals surface area contributed by atoms with E-state index < -0.39 is 0 Å². The van der Waals surface area contributed by atoms with Gasteiger partial charge in [0.25, 0.3) is 5.22 Å². The topological polar surface area (TPSA) is 104 Å². The van der Waals surface area contributed by atoms with Crippen molar-refractivity contribution in [1.82, 2.24) is 20.0 Å². The summed E-state index contributed by atoms with van der Waals surface area (Å²) in [6, 6.07) is 17.0. The van der Waals surface area contributed by atoms with E-state index in [0.29, 0.717) is 28.4 Å². The average Bonchev–Trinajstić information content (AvgIpc) is 3.56. The van der Waals surface area contributed by atoms with Gasteiger partial charge in [0.1, 0.15) is 5.82 Å². The van der Waals surface area contributed by atoms with Crippen molar-refractivity contribution in [1.29, 1.82) is 0 Å². The van der Waals surface area contributed by atoms with Gasteiger partial charge in [-0.1, -0.05) is 50.7 Å². The number of carbonyl (C=O) groups is 1. The van der Waals surface area contributed by atoms with E-state index in [1.165, 1.54) is 0 Å². The van der Waals surface area contributed by atoms with Gasteiger partial charge < -0.3 is 19.2 Å². The van der Waals surface area contributed by atoms with Crippen molar-refractivity contribution in [3.8, 4) is 28.6 Å². The smallest absolute Gasteiger partial charge is 0.277 e. The lowest BCUT2D eigenvalue weighted by atomic mass is 9.92. The molecule has 2 aromatic heterocycles. The molecule has 2 aromatic carbocycles. The van der Waals surface area contributed by atoms with Crippen molar-refractivity contribution >= 4 is 23.5 Å². The van der Waals surface area contributed by atoms with Crippen LogP contribution in [0.4, 0.5) is 5.82 Å². The van der Waals surface area contributed by atoms with Gasteiger partial charge in [0.05, 0.1) is 17.1 Å². The van der Waals surface area contributed by atoms with Crippen LogP contribution < -0.4 is 14.8 Å². The zero-order valence-corrected chi connectivity index (χ0v) is 19.8. The summed E-state index contributed by atoms with van der Waals surface area (Å²) in [5.74, 6) is 2.16. The first-order valence-electron chi connectivity index (χ1n) is 10.7. The molecule has 0 unspecified atom stereocenters. The summed E-state index contributed by atoms with van der Waals surface area (Å²) in [6.07, 6.45) is 0. The molecule has 0 fully saturated rings. The normalized spacial score (nSPS) is 12.7. The van der Waals surface area contributed by atoms with Crippen molar-refractivity contribution < 1.29 is 18.7 Å². The fourth-order valence-corrected chi connectivity index (χ4v) is 3.89. The Bertz CT molecular complexity index is 1330. The summed E-state index contributed by atoms with van der Waals surface area (Å²) < 4.78 is 18.2. The fraction of sp³-hybridized carbons (Fsp3) is 0.250. The minimum atomic E-state index is -0.203. The molecule has 174 valence electrons. The number of nitrogens with one attached hydrogen (secondary N) is 1. The lowest BCUT2D eigenvalue weighted by Gasteiger charge is -2.14. The maximum absolute atomic E-state index is 12.7. The molecule has 1 aliphatic heterocycles. The van der Waals surface area contributed by atoms with Gasteiger partial charge in [-0.25, -0.2) is 4.68 Å². The van der Waals surface area contributed by atoms with Crippen molar-refractivity contribution in [2.75, 3.05) is 17.9 Å². The summed E-state index contributed by atoms with van der Waals surface area (Å²) >= 11 is 1.16. The zero-order valence-electron chi connectivity index (χ0n) is 18.9. The molecule has 34 heavy (non-hydrogen) atoms. The number of hydrogen-bond donors (Lipinski definition) is 1. The SMILES string of the molecule is CC(C)(C)c1cc(NC(=O)CSc2nnc(-c3ccc4c(c3)OCO4)o2)n(-c2ccccc2)n1. The van der Waals surface area contributed by atoms with E-state index in [4.69, 9.17) is 19.0 Å². The number of rotatable bonds is 6. The first-order chi connectivity index (χ1) is 16.4. The van der Waals surface area contributed by atoms with Crippen LogP contribution in [0.15, 0.2) is 64.2 Å².